The molecule has 0 fully saturated rings. The SMILES string of the molecule is NC(=O)c1cccc2c1c1cccc(F)c1n2Cc1cccc(Br)c1. The normalized spacial score (nSPS) is 11.3. The van der Waals surface area contributed by atoms with Gasteiger partial charge in [-0.3, -0.25) is 4.79 Å². The minimum Gasteiger partial charge on any atom is -0.366 e. The molecule has 0 saturated heterocycles. The maximum Gasteiger partial charge on any atom is 0.249 e. The van der Waals surface area contributed by atoms with Gasteiger partial charge < -0.3 is 10.3 Å². The van der Waals surface area contributed by atoms with Gasteiger partial charge in [0.1, 0.15) is 5.82 Å². The fourth-order valence-corrected chi connectivity index (χ4v) is 3.79. The molecule has 124 valence electrons. The molecule has 25 heavy (non-hydrogen) atoms. The van der Waals surface area contributed by atoms with Crippen molar-refractivity contribution in [1.82, 2.24) is 4.57 Å². The number of nitrogens with zero attached hydrogens (tertiary/aromatic N) is 1. The highest BCUT2D eigenvalue weighted by atomic mass is 79.9. The molecule has 5 heteroatoms. The van der Waals surface area contributed by atoms with E-state index in [2.05, 4.69) is 15.9 Å². The lowest BCUT2D eigenvalue weighted by Crippen LogP contribution is -2.11. The summed E-state index contributed by atoms with van der Waals surface area (Å²) in [5.74, 6) is -0.838. The molecule has 0 bridgehead atoms. The Morgan fingerprint density at radius 1 is 1.08 bits per heavy atom. The lowest BCUT2D eigenvalue weighted by molar-refractivity contribution is 0.100. The van der Waals surface area contributed by atoms with Crippen LogP contribution < -0.4 is 5.73 Å². The van der Waals surface area contributed by atoms with E-state index in [0.717, 1.165) is 15.6 Å². The molecule has 0 saturated carbocycles. The van der Waals surface area contributed by atoms with Gasteiger partial charge >= 0.3 is 0 Å². The maximum absolute atomic E-state index is 14.7. The molecule has 0 aliphatic carbocycles. The van der Waals surface area contributed by atoms with E-state index >= 15 is 0 Å². The Morgan fingerprint density at radius 2 is 1.84 bits per heavy atom. The van der Waals surface area contributed by atoms with Crippen LogP contribution in [0.2, 0.25) is 0 Å². The first-order chi connectivity index (χ1) is 12.1. The highest BCUT2D eigenvalue weighted by Gasteiger charge is 2.18. The number of rotatable bonds is 3. The van der Waals surface area contributed by atoms with Crippen molar-refractivity contribution in [2.45, 2.75) is 6.54 Å². The van der Waals surface area contributed by atoms with Crippen LogP contribution in [0, 0.1) is 5.82 Å². The van der Waals surface area contributed by atoms with Crippen molar-refractivity contribution in [3.05, 3.63) is 82.1 Å². The summed E-state index contributed by atoms with van der Waals surface area (Å²) in [6, 6.07) is 18.1. The average molecular weight is 397 g/mol. The molecule has 2 N–H and O–H groups in total. The summed E-state index contributed by atoms with van der Waals surface area (Å²) in [5, 5.41) is 1.39. The van der Waals surface area contributed by atoms with Crippen LogP contribution in [0.5, 0.6) is 0 Å². The molecule has 0 unspecified atom stereocenters. The number of para-hydroxylation sites is 1. The van der Waals surface area contributed by atoms with Crippen LogP contribution in [-0.2, 0) is 6.54 Å². The summed E-state index contributed by atoms with van der Waals surface area (Å²) in [5.41, 5.74) is 8.24. The number of carbonyl (C=O) groups is 1. The van der Waals surface area contributed by atoms with E-state index in [-0.39, 0.29) is 5.82 Å². The van der Waals surface area contributed by atoms with Crippen LogP contribution in [0.15, 0.2) is 65.1 Å². The van der Waals surface area contributed by atoms with Gasteiger partial charge in [-0.05, 0) is 35.9 Å². The van der Waals surface area contributed by atoms with E-state index in [1.54, 1.807) is 18.2 Å². The van der Waals surface area contributed by atoms with E-state index in [0.29, 0.717) is 28.4 Å². The van der Waals surface area contributed by atoms with Gasteiger partial charge in [-0.25, -0.2) is 4.39 Å². The fraction of sp³-hybridized carbons (Fsp3) is 0.0500. The molecule has 0 aliphatic rings. The third-order valence-electron chi connectivity index (χ3n) is 4.35. The number of hydrogen-bond acceptors (Lipinski definition) is 1. The van der Waals surface area contributed by atoms with Gasteiger partial charge in [0.05, 0.1) is 11.0 Å². The molecule has 4 rings (SSSR count). The molecular formula is C20H14BrFN2O. The first kappa shape index (κ1) is 15.8. The Hall–Kier alpha value is -2.66. The molecule has 0 radical (unpaired) electrons. The third-order valence-corrected chi connectivity index (χ3v) is 4.85. The van der Waals surface area contributed by atoms with Crippen molar-refractivity contribution >= 4 is 43.6 Å². The zero-order chi connectivity index (χ0) is 17.6. The van der Waals surface area contributed by atoms with Crippen LogP contribution in [0.3, 0.4) is 0 Å². The largest absolute Gasteiger partial charge is 0.366 e. The zero-order valence-electron chi connectivity index (χ0n) is 13.2. The van der Waals surface area contributed by atoms with E-state index in [1.165, 1.54) is 6.07 Å². The number of halogens is 2. The summed E-state index contributed by atoms with van der Waals surface area (Å²) in [6.45, 7) is 0.489. The average Bonchev–Trinajstić information content (AvgIpc) is 2.90. The van der Waals surface area contributed by atoms with Gasteiger partial charge in [-0.15, -0.1) is 0 Å². The lowest BCUT2D eigenvalue weighted by Gasteiger charge is -2.09. The predicted octanol–water partition coefficient (Wildman–Crippen LogP) is 4.84. The van der Waals surface area contributed by atoms with Gasteiger partial charge in [0.25, 0.3) is 0 Å². The van der Waals surface area contributed by atoms with Crippen LogP contribution in [0.25, 0.3) is 21.8 Å². The van der Waals surface area contributed by atoms with Crippen molar-refractivity contribution in [2.24, 2.45) is 5.73 Å². The minimum absolute atomic E-state index is 0.320. The molecule has 0 atom stereocenters. The summed E-state index contributed by atoms with van der Waals surface area (Å²) < 4.78 is 17.5. The summed E-state index contributed by atoms with van der Waals surface area (Å²) >= 11 is 3.47. The first-order valence-corrected chi connectivity index (χ1v) is 8.59. The Balaban J connectivity index is 2.08. The van der Waals surface area contributed by atoms with Crippen molar-refractivity contribution in [3.8, 4) is 0 Å². The van der Waals surface area contributed by atoms with Gasteiger partial charge in [-0.1, -0.05) is 46.3 Å². The molecule has 4 aromatic rings. The van der Waals surface area contributed by atoms with E-state index < -0.39 is 5.91 Å². The number of aromatic nitrogens is 1. The summed E-state index contributed by atoms with van der Waals surface area (Å²) in [4.78, 5) is 11.9. The third kappa shape index (κ3) is 2.61. The maximum atomic E-state index is 14.7. The van der Waals surface area contributed by atoms with Gasteiger partial charge in [0.15, 0.2) is 0 Å². The van der Waals surface area contributed by atoms with Crippen molar-refractivity contribution in [2.75, 3.05) is 0 Å². The van der Waals surface area contributed by atoms with Crippen molar-refractivity contribution in [3.63, 3.8) is 0 Å². The molecule has 1 amide bonds. The Bertz CT molecular complexity index is 1130. The summed E-state index contributed by atoms with van der Waals surface area (Å²) in [6.07, 6.45) is 0. The topological polar surface area (TPSA) is 48.0 Å². The molecular weight excluding hydrogens is 383 g/mol. The Kier molecular flexibility index (Phi) is 3.81. The monoisotopic (exact) mass is 396 g/mol. The number of hydrogen-bond donors (Lipinski definition) is 1. The van der Waals surface area contributed by atoms with Crippen LogP contribution in [-0.4, -0.2) is 10.5 Å². The molecule has 3 nitrogen and oxygen atoms in total. The molecule has 1 aromatic heterocycles. The molecule has 3 aromatic carbocycles. The zero-order valence-corrected chi connectivity index (χ0v) is 14.8. The van der Waals surface area contributed by atoms with Crippen molar-refractivity contribution in [1.29, 1.82) is 0 Å². The van der Waals surface area contributed by atoms with Gasteiger partial charge in [0, 0.05) is 27.4 Å². The second kappa shape index (κ2) is 6.01. The standard InChI is InChI=1S/C20H14BrFN2O/c21-13-5-1-4-12(10-13)11-24-17-9-3-7-15(20(23)25)18(17)14-6-2-8-16(22)19(14)24/h1-10H,11H2,(H2,23,25). The van der Waals surface area contributed by atoms with E-state index in [1.807, 2.05) is 41.0 Å². The fourth-order valence-electron chi connectivity index (χ4n) is 3.35. The van der Waals surface area contributed by atoms with Crippen molar-refractivity contribution < 1.29 is 9.18 Å². The predicted molar refractivity (Wildman–Crippen MR) is 101 cm³/mol. The second-order valence-electron chi connectivity index (χ2n) is 5.92. The van der Waals surface area contributed by atoms with Crippen LogP contribution in [0.1, 0.15) is 15.9 Å². The number of fused-ring (bicyclic) bond motifs is 3. The van der Waals surface area contributed by atoms with Gasteiger partial charge in [-0.2, -0.15) is 0 Å². The molecule has 0 spiro atoms. The lowest BCUT2D eigenvalue weighted by atomic mass is 10.1. The number of carbonyl (C=O) groups excluding carboxylic acids is 1. The highest BCUT2D eigenvalue weighted by Crippen LogP contribution is 2.33. The van der Waals surface area contributed by atoms with Crippen LogP contribution in [0.4, 0.5) is 4.39 Å². The quantitative estimate of drug-likeness (QED) is 0.528. The number of nitrogens with two attached hydrogens (primary N) is 1. The number of benzene rings is 3. The number of primary amides is 1. The van der Waals surface area contributed by atoms with E-state index in [9.17, 15) is 9.18 Å². The van der Waals surface area contributed by atoms with E-state index in [4.69, 9.17) is 5.73 Å². The Morgan fingerprint density at radius 3 is 2.60 bits per heavy atom. The minimum atomic E-state index is -0.517. The number of amides is 1. The molecule has 0 aliphatic heterocycles. The highest BCUT2D eigenvalue weighted by molar-refractivity contribution is 9.10. The Labute approximate surface area is 152 Å². The van der Waals surface area contributed by atoms with Crippen LogP contribution >= 0.6 is 15.9 Å². The molecule has 1 heterocycles. The smallest absolute Gasteiger partial charge is 0.249 e. The van der Waals surface area contributed by atoms with Gasteiger partial charge in [0.2, 0.25) is 5.91 Å². The summed E-state index contributed by atoms with van der Waals surface area (Å²) in [7, 11) is 0. The second-order valence-corrected chi connectivity index (χ2v) is 6.83. The first-order valence-electron chi connectivity index (χ1n) is 7.80.